The van der Waals surface area contributed by atoms with Gasteiger partial charge in [-0.1, -0.05) is 11.8 Å². The van der Waals surface area contributed by atoms with Crippen molar-refractivity contribution in [1.82, 2.24) is 0 Å². The van der Waals surface area contributed by atoms with E-state index >= 15 is 0 Å². The molecule has 1 nitrogen and oxygen atoms in total. The smallest absolute Gasteiger partial charge is 0.131 e. The highest BCUT2D eigenvalue weighted by atomic mass is 32.1. The number of aryl methyl sites for hydroxylation is 1. The van der Waals surface area contributed by atoms with E-state index in [9.17, 15) is 4.79 Å². The first kappa shape index (κ1) is 8.03. The number of aldehydes is 1. The second-order valence-corrected chi connectivity index (χ2v) is 3.18. The van der Waals surface area contributed by atoms with Crippen LogP contribution in [0.4, 0.5) is 0 Å². The van der Waals surface area contributed by atoms with Crippen molar-refractivity contribution in [3.8, 4) is 11.8 Å². The van der Waals surface area contributed by atoms with Crippen LogP contribution in [0.3, 0.4) is 0 Å². The summed E-state index contributed by atoms with van der Waals surface area (Å²) in [6.45, 7) is 2.02. The van der Waals surface area contributed by atoms with Crippen LogP contribution in [0.25, 0.3) is 0 Å². The lowest BCUT2D eigenvalue weighted by atomic mass is 10.2. The van der Waals surface area contributed by atoms with E-state index < -0.39 is 0 Å². The van der Waals surface area contributed by atoms with Gasteiger partial charge in [-0.25, -0.2) is 0 Å². The Morgan fingerprint density at radius 1 is 1.73 bits per heavy atom. The van der Waals surface area contributed by atoms with Gasteiger partial charge in [-0.3, -0.25) is 0 Å². The molecule has 2 heteroatoms. The predicted molar refractivity (Wildman–Crippen MR) is 46.6 cm³/mol. The van der Waals surface area contributed by atoms with E-state index in [0.717, 1.165) is 11.8 Å². The Bertz CT molecular complexity index is 301. The van der Waals surface area contributed by atoms with Crippen LogP contribution in [-0.4, -0.2) is 6.29 Å². The first-order chi connectivity index (χ1) is 5.34. The summed E-state index contributed by atoms with van der Waals surface area (Å²) >= 11 is 1.67. The number of hydrogen-bond donors (Lipinski definition) is 0. The third-order valence-corrected chi connectivity index (χ3v) is 2.11. The van der Waals surface area contributed by atoms with Crippen LogP contribution in [0.15, 0.2) is 11.4 Å². The van der Waals surface area contributed by atoms with Crippen molar-refractivity contribution < 1.29 is 4.79 Å². The van der Waals surface area contributed by atoms with Gasteiger partial charge in [0.1, 0.15) is 6.29 Å². The minimum absolute atomic E-state index is 0.329. The quantitative estimate of drug-likeness (QED) is 0.458. The summed E-state index contributed by atoms with van der Waals surface area (Å²) in [7, 11) is 0. The molecule has 0 spiro atoms. The third kappa shape index (κ3) is 2.21. The largest absolute Gasteiger partial charge is 0.302 e. The third-order valence-electron chi connectivity index (χ3n) is 1.27. The molecular formula is C9H8OS. The van der Waals surface area contributed by atoms with Gasteiger partial charge >= 0.3 is 0 Å². The maximum absolute atomic E-state index is 9.92. The van der Waals surface area contributed by atoms with E-state index in [0.29, 0.717) is 6.42 Å². The summed E-state index contributed by atoms with van der Waals surface area (Å²) in [6, 6.07) is 1.97. The monoisotopic (exact) mass is 164 g/mol. The van der Waals surface area contributed by atoms with Crippen LogP contribution in [0.1, 0.15) is 16.9 Å². The summed E-state index contributed by atoms with van der Waals surface area (Å²) in [5.41, 5.74) is 1.04. The van der Waals surface area contributed by atoms with Gasteiger partial charge in [0.2, 0.25) is 0 Å². The van der Waals surface area contributed by atoms with Crippen molar-refractivity contribution in [2.45, 2.75) is 13.3 Å². The lowest BCUT2D eigenvalue weighted by molar-refractivity contribution is -0.107. The van der Waals surface area contributed by atoms with Gasteiger partial charge in [-0.15, -0.1) is 11.3 Å². The van der Waals surface area contributed by atoms with E-state index in [-0.39, 0.29) is 0 Å². The second kappa shape index (κ2) is 3.95. The lowest BCUT2D eigenvalue weighted by Gasteiger charge is -1.82. The van der Waals surface area contributed by atoms with E-state index in [4.69, 9.17) is 0 Å². The Hall–Kier alpha value is -1.07. The zero-order valence-electron chi connectivity index (χ0n) is 6.26. The van der Waals surface area contributed by atoms with E-state index in [1.807, 2.05) is 18.4 Å². The van der Waals surface area contributed by atoms with Gasteiger partial charge in [0.25, 0.3) is 0 Å². The first-order valence-corrected chi connectivity index (χ1v) is 4.19. The number of thiophene rings is 1. The van der Waals surface area contributed by atoms with E-state index in [1.54, 1.807) is 11.3 Å². The number of rotatable bonds is 1. The average Bonchev–Trinajstić information content (AvgIpc) is 2.37. The zero-order chi connectivity index (χ0) is 8.10. The minimum Gasteiger partial charge on any atom is -0.302 e. The Morgan fingerprint density at radius 2 is 2.55 bits per heavy atom. The van der Waals surface area contributed by atoms with Gasteiger partial charge in [0.05, 0.1) is 6.42 Å². The molecule has 0 radical (unpaired) electrons. The molecule has 1 aromatic heterocycles. The molecule has 0 aromatic carbocycles. The fourth-order valence-electron chi connectivity index (χ4n) is 0.703. The van der Waals surface area contributed by atoms with Crippen molar-refractivity contribution in [1.29, 1.82) is 0 Å². The molecule has 11 heavy (non-hydrogen) atoms. The van der Waals surface area contributed by atoms with Gasteiger partial charge < -0.3 is 4.79 Å². The highest BCUT2D eigenvalue weighted by Gasteiger charge is 1.92. The molecule has 0 N–H and O–H groups in total. The summed E-state index contributed by atoms with van der Waals surface area (Å²) in [4.78, 5) is 11.1. The highest BCUT2D eigenvalue weighted by Crippen LogP contribution is 2.12. The van der Waals surface area contributed by atoms with Gasteiger partial charge in [-0.2, -0.15) is 0 Å². The van der Waals surface area contributed by atoms with Crippen LogP contribution in [0.2, 0.25) is 0 Å². The Kier molecular flexibility index (Phi) is 2.88. The molecule has 0 atom stereocenters. The molecule has 0 aliphatic rings. The molecular weight excluding hydrogens is 156 g/mol. The molecule has 1 aromatic rings. The van der Waals surface area contributed by atoms with E-state index in [1.165, 1.54) is 4.88 Å². The summed E-state index contributed by atoms with van der Waals surface area (Å²) in [5, 5.41) is 2.00. The number of carbonyl (C=O) groups is 1. The summed E-state index contributed by atoms with van der Waals surface area (Å²) in [5.74, 6) is 5.69. The van der Waals surface area contributed by atoms with Crippen LogP contribution in [0, 0.1) is 18.8 Å². The number of hydrogen-bond acceptors (Lipinski definition) is 2. The van der Waals surface area contributed by atoms with Crippen LogP contribution in [-0.2, 0) is 4.79 Å². The fourth-order valence-corrected chi connectivity index (χ4v) is 1.36. The molecule has 56 valence electrons. The maximum atomic E-state index is 9.92. The second-order valence-electron chi connectivity index (χ2n) is 2.06. The van der Waals surface area contributed by atoms with Crippen LogP contribution >= 0.6 is 11.3 Å². The molecule has 0 saturated carbocycles. The van der Waals surface area contributed by atoms with E-state index in [2.05, 4.69) is 11.8 Å². The molecule has 0 unspecified atom stereocenters. The van der Waals surface area contributed by atoms with Crippen molar-refractivity contribution >= 4 is 17.6 Å². The predicted octanol–water partition coefficient (Wildman–Crippen LogP) is 2.00. The molecule has 0 fully saturated rings. The molecule has 0 saturated heterocycles. The van der Waals surface area contributed by atoms with Crippen LogP contribution in [0.5, 0.6) is 0 Å². The average molecular weight is 164 g/mol. The minimum atomic E-state index is 0.329. The van der Waals surface area contributed by atoms with Crippen molar-refractivity contribution in [3.05, 3.63) is 21.9 Å². The SMILES string of the molecule is Cc1sccc1C#CCC=O. The Balaban J connectivity index is 2.72. The Morgan fingerprint density at radius 3 is 3.09 bits per heavy atom. The van der Waals surface area contributed by atoms with Crippen molar-refractivity contribution in [2.24, 2.45) is 0 Å². The van der Waals surface area contributed by atoms with Gasteiger partial charge in [-0.05, 0) is 18.4 Å². The topological polar surface area (TPSA) is 17.1 Å². The highest BCUT2D eigenvalue weighted by molar-refractivity contribution is 7.10. The van der Waals surface area contributed by atoms with Crippen molar-refractivity contribution in [2.75, 3.05) is 0 Å². The molecule has 1 rings (SSSR count). The maximum Gasteiger partial charge on any atom is 0.131 e. The summed E-state index contributed by atoms with van der Waals surface area (Å²) < 4.78 is 0. The number of carbonyl (C=O) groups excluding carboxylic acids is 1. The molecule has 0 bridgehead atoms. The van der Waals surface area contributed by atoms with Crippen LogP contribution < -0.4 is 0 Å². The zero-order valence-corrected chi connectivity index (χ0v) is 7.07. The standard InChI is InChI=1S/C9H8OS/c1-8-9(5-7-11-8)4-2-3-6-10/h5-7H,3H2,1H3. The molecule has 0 amide bonds. The summed E-state index contributed by atoms with van der Waals surface area (Å²) in [6.07, 6.45) is 1.14. The molecule has 0 aliphatic heterocycles. The molecule has 1 heterocycles. The fraction of sp³-hybridized carbons (Fsp3) is 0.222. The van der Waals surface area contributed by atoms with Gasteiger partial charge in [0.15, 0.2) is 0 Å². The molecule has 0 aliphatic carbocycles. The Labute approximate surface area is 70.1 Å². The van der Waals surface area contributed by atoms with Gasteiger partial charge in [0, 0.05) is 10.4 Å². The lowest BCUT2D eigenvalue weighted by Crippen LogP contribution is -1.71. The normalized spacial score (nSPS) is 8.45. The first-order valence-electron chi connectivity index (χ1n) is 3.31. The van der Waals surface area contributed by atoms with Crippen molar-refractivity contribution in [3.63, 3.8) is 0 Å².